The van der Waals surface area contributed by atoms with E-state index in [1.54, 1.807) is 40.1 Å². The molecular weight excluding hydrogens is 478 g/mol. The van der Waals surface area contributed by atoms with Gasteiger partial charge in [-0.3, -0.25) is 4.57 Å². The number of aromatic nitrogens is 7. The maximum atomic E-state index is 13.6. The quantitative estimate of drug-likeness (QED) is 0.366. The number of halogens is 4. The molecule has 0 saturated carbocycles. The van der Waals surface area contributed by atoms with Crippen molar-refractivity contribution in [1.82, 2.24) is 34.3 Å². The van der Waals surface area contributed by atoms with Gasteiger partial charge in [-0.05, 0) is 49.6 Å². The maximum absolute atomic E-state index is 13.6. The van der Waals surface area contributed by atoms with E-state index in [1.165, 1.54) is 13.2 Å². The molecule has 0 radical (unpaired) electrons. The third-order valence-electron chi connectivity index (χ3n) is 5.88. The van der Waals surface area contributed by atoms with E-state index in [-0.39, 0.29) is 5.56 Å². The van der Waals surface area contributed by atoms with E-state index in [9.17, 15) is 17.6 Å². The predicted molar refractivity (Wildman–Crippen MR) is 122 cm³/mol. The van der Waals surface area contributed by atoms with Crippen molar-refractivity contribution >= 4 is 12.2 Å². The fourth-order valence-electron chi connectivity index (χ4n) is 4.28. The van der Waals surface area contributed by atoms with Crippen LogP contribution in [0, 0.1) is 12.7 Å². The van der Waals surface area contributed by atoms with E-state index in [0.717, 1.165) is 11.8 Å². The van der Waals surface area contributed by atoms with Crippen molar-refractivity contribution in [2.45, 2.75) is 38.4 Å². The van der Waals surface area contributed by atoms with Crippen molar-refractivity contribution < 1.29 is 22.3 Å². The Kier molecular flexibility index (Phi) is 6.02. The summed E-state index contributed by atoms with van der Waals surface area (Å²) >= 11 is 0. The summed E-state index contributed by atoms with van der Waals surface area (Å²) in [7, 11) is 1.49. The normalized spacial score (nSPS) is 15.9. The number of aryl methyl sites for hydroxylation is 2. The van der Waals surface area contributed by atoms with Crippen molar-refractivity contribution in [3.63, 3.8) is 0 Å². The van der Waals surface area contributed by atoms with Gasteiger partial charge in [0.15, 0.2) is 5.82 Å². The highest BCUT2D eigenvalue weighted by molar-refractivity contribution is 5.64. The SMILES string of the molecule is COc1nc(/C=C/c2nc3n(n2)CCC[C@H]3c2ccc(F)cc2C(F)(F)F)cnc1-n1cnc(C)c1. The topological polar surface area (TPSA) is 83.5 Å². The molecule has 0 N–H and O–H groups in total. The molecule has 0 amide bonds. The molecule has 1 aliphatic heterocycles. The number of methoxy groups -OCH3 is 1. The highest BCUT2D eigenvalue weighted by Crippen LogP contribution is 2.40. The standard InChI is InChI=1S/C24H21F4N7O/c1-14-12-34(13-30-14)22-23(36-2)31-16(11-29-22)6-8-20-32-21-18(4-3-9-35(21)33-20)17-7-5-15(25)10-19(17)24(26,27)28/h5-8,10-13,18H,3-4,9H2,1-2H3/b8-6+/t18-/m0/s1. The van der Waals surface area contributed by atoms with Crippen LogP contribution in [0.5, 0.6) is 5.88 Å². The number of nitrogens with zero attached hydrogens (tertiary/aromatic N) is 7. The van der Waals surface area contributed by atoms with Crippen LogP contribution in [-0.4, -0.2) is 41.4 Å². The zero-order chi connectivity index (χ0) is 25.4. The molecular formula is C24H21F4N7O. The molecule has 8 nitrogen and oxygen atoms in total. The molecule has 0 bridgehead atoms. The largest absolute Gasteiger partial charge is 0.478 e. The second-order valence-corrected chi connectivity index (χ2v) is 8.36. The number of rotatable bonds is 5. The summed E-state index contributed by atoms with van der Waals surface area (Å²) in [5, 5.41) is 4.43. The lowest BCUT2D eigenvalue weighted by molar-refractivity contribution is -0.138. The van der Waals surface area contributed by atoms with Crippen molar-refractivity contribution in [2.75, 3.05) is 7.11 Å². The summed E-state index contributed by atoms with van der Waals surface area (Å²) in [6.07, 6.45) is 4.61. The van der Waals surface area contributed by atoms with Gasteiger partial charge in [0.2, 0.25) is 5.82 Å². The number of imidazole rings is 1. The Hall–Kier alpha value is -4.09. The number of fused-ring (bicyclic) bond motifs is 1. The monoisotopic (exact) mass is 499 g/mol. The highest BCUT2D eigenvalue weighted by atomic mass is 19.4. The first kappa shape index (κ1) is 23.6. The second-order valence-electron chi connectivity index (χ2n) is 8.36. The molecule has 1 aromatic carbocycles. The van der Waals surface area contributed by atoms with Gasteiger partial charge >= 0.3 is 6.18 Å². The lowest BCUT2D eigenvalue weighted by atomic mass is 9.87. The van der Waals surface area contributed by atoms with Crippen LogP contribution in [0.4, 0.5) is 17.6 Å². The highest BCUT2D eigenvalue weighted by Gasteiger charge is 2.38. The molecule has 4 heterocycles. The van der Waals surface area contributed by atoms with Crippen molar-refractivity contribution in [3.05, 3.63) is 76.9 Å². The fourth-order valence-corrected chi connectivity index (χ4v) is 4.28. The molecule has 5 rings (SSSR count). The number of alkyl halides is 3. The van der Waals surface area contributed by atoms with E-state index in [4.69, 9.17) is 4.74 Å². The lowest BCUT2D eigenvalue weighted by Crippen LogP contribution is -2.21. The van der Waals surface area contributed by atoms with Crippen LogP contribution in [0.15, 0.2) is 36.9 Å². The van der Waals surface area contributed by atoms with Crippen LogP contribution in [0.25, 0.3) is 18.0 Å². The average molecular weight is 499 g/mol. The van der Waals surface area contributed by atoms with Gasteiger partial charge in [-0.2, -0.15) is 18.3 Å². The van der Waals surface area contributed by atoms with Gasteiger partial charge in [0.25, 0.3) is 5.88 Å². The molecule has 4 aromatic rings. The van der Waals surface area contributed by atoms with Gasteiger partial charge in [-0.15, -0.1) is 0 Å². The van der Waals surface area contributed by atoms with Crippen LogP contribution in [0.2, 0.25) is 0 Å². The summed E-state index contributed by atoms with van der Waals surface area (Å²) in [6, 6.07) is 2.77. The summed E-state index contributed by atoms with van der Waals surface area (Å²) in [4.78, 5) is 17.5. The third-order valence-corrected chi connectivity index (χ3v) is 5.88. The predicted octanol–water partition coefficient (Wildman–Crippen LogP) is 4.82. The number of hydrogen-bond donors (Lipinski definition) is 0. The van der Waals surface area contributed by atoms with Crippen LogP contribution >= 0.6 is 0 Å². The zero-order valence-corrected chi connectivity index (χ0v) is 19.4. The molecule has 12 heteroatoms. The third kappa shape index (κ3) is 4.58. The Morgan fingerprint density at radius 2 is 1.97 bits per heavy atom. The van der Waals surface area contributed by atoms with Crippen LogP contribution in [-0.2, 0) is 12.7 Å². The Morgan fingerprint density at radius 3 is 2.69 bits per heavy atom. The first-order valence-electron chi connectivity index (χ1n) is 11.1. The Bertz CT molecular complexity index is 1440. The Labute approximate surface area is 203 Å². The van der Waals surface area contributed by atoms with Crippen molar-refractivity contribution in [1.29, 1.82) is 0 Å². The lowest BCUT2D eigenvalue weighted by Gasteiger charge is -2.25. The Balaban J connectivity index is 1.44. The van der Waals surface area contributed by atoms with Gasteiger partial charge < -0.3 is 4.74 Å². The van der Waals surface area contributed by atoms with Gasteiger partial charge in [0, 0.05) is 18.7 Å². The zero-order valence-electron chi connectivity index (χ0n) is 19.4. The number of hydrogen-bond acceptors (Lipinski definition) is 6. The maximum Gasteiger partial charge on any atom is 0.416 e. The van der Waals surface area contributed by atoms with E-state index in [1.807, 2.05) is 6.92 Å². The fraction of sp³-hybridized carbons (Fsp3) is 0.292. The van der Waals surface area contributed by atoms with E-state index in [2.05, 4.69) is 25.0 Å². The summed E-state index contributed by atoms with van der Waals surface area (Å²) in [5.74, 6) is -0.0765. The second kappa shape index (κ2) is 9.17. The summed E-state index contributed by atoms with van der Waals surface area (Å²) in [6.45, 7) is 2.39. The van der Waals surface area contributed by atoms with E-state index < -0.39 is 23.5 Å². The molecule has 0 spiro atoms. The van der Waals surface area contributed by atoms with Crippen molar-refractivity contribution in [3.8, 4) is 11.7 Å². The van der Waals surface area contributed by atoms with Crippen LogP contribution < -0.4 is 4.74 Å². The molecule has 0 saturated heterocycles. The van der Waals surface area contributed by atoms with Crippen molar-refractivity contribution in [2.24, 2.45) is 0 Å². The minimum atomic E-state index is -4.68. The minimum absolute atomic E-state index is 0.00582. The van der Waals surface area contributed by atoms with Gasteiger partial charge in [-0.25, -0.2) is 29.0 Å². The molecule has 36 heavy (non-hydrogen) atoms. The van der Waals surface area contributed by atoms with Crippen LogP contribution in [0.1, 0.15) is 52.9 Å². The number of ether oxygens (including phenoxy) is 1. The molecule has 1 atom stereocenters. The smallest absolute Gasteiger partial charge is 0.416 e. The first-order chi connectivity index (χ1) is 17.2. The Morgan fingerprint density at radius 1 is 1.14 bits per heavy atom. The molecule has 0 aliphatic carbocycles. The summed E-state index contributed by atoms with van der Waals surface area (Å²) < 4.78 is 63.2. The summed E-state index contributed by atoms with van der Waals surface area (Å²) in [5.41, 5.74) is 0.305. The van der Waals surface area contributed by atoms with Gasteiger partial charge in [0.05, 0.1) is 30.3 Å². The first-order valence-corrected chi connectivity index (χ1v) is 11.1. The van der Waals surface area contributed by atoms with Crippen LogP contribution in [0.3, 0.4) is 0 Å². The van der Waals surface area contributed by atoms with E-state index >= 15 is 0 Å². The van der Waals surface area contributed by atoms with Gasteiger partial charge in [0.1, 0.15) is 18.0 Å². The molecule has 0 fully saturated rings. The molecule has 186 valence electrons. The molecule has 3 aromatic heterocycles. The minimum Gasteiger partial charge on any atom is -0.478 e. The average Bonchev–Trinajstić information content (AvgIpc) is 3.47. The number of benzene rings is 1. The molecule has 1 aliphatic rings. The van der Waals surface area contributed by atoms with E-state index in [0.29, 0.717) is 54.5 Å². The van der Waals surface area contributed by atoms with Gasteiger partial charge in [-0.1, -0.05) is 6.07 Å². The molecule has 0 unspecified atom stereocenters.